The molecular formula is C26H27F5N6O2. The van der Waals surface area contributed by atoms with E-state index in [2.05, 4.69) is 15.6 Å². The summed E-state index contributed by atoms with van der Waals surface area (Å²) in [5, 5.41) is 5.44. The first-order valence-corrected chi connectivity index (χ1v) is 12.5. The molecule has 0 spiro atoms. The molecule has 2 saturated heterocycles. The lowest BCUT2D eigenvalue weighted by atomic mass is 10.0. The zero-order valence-corrected chi connectivity index (χ0v) is 21.1. The first-order chi connectivity index (χ1) is 18.6. The minimum Gasteiger partial charge on any atom is -0.378 e. The van der Waals surface area contributed by atoms with Crippen LogP contribution in [-0.4, -0.2) is 78.9 Å². The van der Waals surface area contributed by atoms with Crippen molar-refractivity contribution in [1.82, 2.24) is 20.2 Å². The molecule has 0 radical (unpaired) electrons. The number of hydrogen-bond donors (Lipinski definition) is 2. The van der Waals surface area contributed by atoms with E-state index in [1.807, 2.05) is 4.90 Å². The molecule has 2 fully saturated rings. The van der Waals surface area contributed by atoms with Crippen LogP contribution in [0.5, 0.6) is 0 Å². The van der Waals surface area contributed by atoms with Crippen LogP contribution >= 0.6 is 0 Å². The third-order valence-electron chi connectivity index (χ3n) is 6.82. The highest BCUT2D eigenvalue weighted by Crippen LogP contribution is 2.30. The van der Waals surface area contributed by atoms with Crippen LogP contribution < -0.4 is 15.5 Å². The highest BCUT2D eigenvalue weighted by atomic mass is 19.4. The van der Waals surface area contributed by atoms with Crippen LogP contribution in [0.25, 0.3) is 11.0 Å². The van der Waals surface area contributed by atoms with Crippen LogP contribution in [0, 0.1) is 11.6 Å². The lowest BCUT2D eigenvalue weighted by Crippen LogP contribution is -2.58. The Morgan fingerprint density at radius 2 is 1.82 bits per heavy atom. The number of morpholine rings is 1. The highest BCUT2D eigenvalue weighted by Gasteiger charge is 2.43. The van der Waals surface area contributed by atoms with Crippen LogP contribution in [0.15, 0.2) is 36.5 Å². The van der Waals surface area contributed by atoms with Crippen LogP contribution in [0.1, 0.15) is 28.9 Å². The number of carbonyl (C=O) groups is 1. The number of nitrogens with one attached hydrogen (secondary N) is 2. The van der Waals surface area contributed by atoms with Gasteiger partial charge in [0.05, 0.1) is 36.5 Å². The van der Waals surface area contributed by atoms with E-state index in [9.17, 15) is 26.7 Å². The summed E-state index contributed by atoms with van der Waals surface area (Å²) in [4.78, 5) is 25.9. The molecule has 1 amide bonds. The molecule has 2 N–H and O–H groups in total. The molecule has 2 aliphatic rings. The number of benzene rings is 2. The van der Waals surface area contributed by atoms with Gasteiger partial charge in [-0.3, -0.25) is 9.78 Å². The lowest BCUT2D eigenvalue weighted by molar-refractivity contribution is -0.162. The molecule has 3 heterocycles. The van der Waals surface area contributed by atoms with E-state index in [-0.39, 0.29) is 24.3 Å². The number of alkyl halides is 3. The van der Waals surface area contributed by atoms with Gasteiger partial charge in [0, 0.05) is 55.6 Å². The normalized spacial score (nSPS) is 19.3. The second kappa shape index (κ2) is 10.9. The topological polar surface area (TPSA) is 82.6 Å². The second-order valence-electron chi connectivity index (χ2n) is 9.58. The third-order valence-corrected chi connectivity index (χ3v) is 6.82. The molecule has 5 rings (SSSR count). The van der Waals surface area contributed by atoms with E-state index in [1.165, 1.54) is 6.07 Å². The molecule has 13 heteroatoms. The standard InChI is InChI=1S/C26H27F5N6O2/c1-15(34-19-11-17(27)10-18(28)12-19)20-8-16(25(38)37-3-2-32-22(14-37)26(29,30)31)9-21-24(20)35-23(13-33-21)36-4-6-39-7-5-36/h8-13,15,22,32,34H,2-7,14H2,1H3. The molecule has 8 nitrogen and oxygen atoms in total. The first-order valence-electron chi connectivity index (χ1n) is 12.5. The largest absolute Gasteiger partial charge is 0.405 e. The van der Waals surface area contributed by atoms with Gasteiger partial charge in [-0.05, 0) is 31.2 Å². The summed E-state index contributed by atoms with van der Waals surface area (Å²) < 4.78 is 73.0. The molecule has 0 bridgehead atoms. The molecule has 2 aliphatic heterocycles. The van der Waals surface area contributed by atoms with Crippen molar-refractivity contribution in [3.8, 4) is 0 Å². The summed E-state index contributed by atoms with van der Waals surface area (Å²) in [5.41, 5.74) is 1.66. The van der Waals surface area contributed by atoms with Gasteiger partial charge in [0.15, 0.2) is 0 Å². The number of aromatic nitrogens is 2. The number of ether oxygens (including phenoxy) is 1. The number of amides is 1. The third kappa shape index (κ3) is 6.04. The van der Waals surface area contributed by atoms with Gasteiger partial charge in [-0.1, -0.05) is 0 Å². The van der Waals surface area contributed by atoms with Gasteiger partial charge in [-0.2, -0.15) is 13.2 Å². The van der Waals surface area contributed by atoms with Gasteiger partial charge in [0.25, 0.3) is 5.91 Å². The van der Waals surface area contributed by atoms with E-state index in [0.717, 1.165) is 23.1 Å². The summed E-state index contributed by atoms with van der Waals surface area (Å²) in [6.07, 6.45) is -2.91. The Morgan fingerprint density at radius 1 is 1.10 bits per heavy atom. The van der Waals surface area contributed by atoms with E-state index < -0.39 is 42.3 Å². The first kappa shape index (κ1) is 27.0. The molecule has 2 atom stereocenters. The van der Waals surface area contributed by atoms with Gasteiger partial charge in [-0.25, -0.2) is 13.8 Å². The maximum atomic E-state index is 13.8. The van der Waals surface area contributed by atoms with Crippen molar-refractivity contribution in [3.63, 3.8) is 0 Å². The van der Waals surface area contributed by atoms with E-state index >= 15 is 0 Å². The molecule has 3 aromatic rings. The molecule has 2 unspecified atom stereocenters. The fraction of sp³-hybridized carbons (Fsp3) is 0.423. The lowest BCUT2D eigenvalue weighted by Gasteiger charge is -2.34. The van der Waals surface area contributed by atoms with Crippen molar-refractivity contribution >= 4 is 28.4 Å². The van der Waals surface area contributed by atoms with Crippen LogP contribution in [-0.2, 0) is 4.74 Å². The smallest absolute Gasteiger partial charge is 0.378 e. The minimum absolute atomic E-state index is 0.00215. The van der Waals surface area contributed by atoms with Gasteiger partial charge in [0.1, 0.15) is 23.5 Å². The van der Waals surface area contributed by atoms with E-state index in [4.69, 9.17) is 9.72 Å². The average molecular weight is 551 g/mol. The summed E-state index contributed by atoms with van der Waals surface area (Å²) in [7, 11) is 0. The second-order valence-corrected chi connectivity index (χ2v) is 9.58. The zero-order valence-electron chi connectivity index (χ0n) is 21.1. The molecule has 1 aromatic heterocycles. The van der Waals surface area contributed by atoms with Crippen molar-refractivity contribution in [1.29, 1.82) is 0 Å². The van der Waals surface area contributed by atoms with Gasteiger partial charge < -0.3 is 25.2 Å². The minimum atomic E-state index is -4.49. The van der Waals surface area contributed by atoms with Crippen LogP contribution in [0.2, 0.25) is 0 Å². The Kier molecular flexibility index (Phi) is 7.54. The van der Waals surface area contributed by atoms with E-state index in [1.54, 1.807) is 19.2 Å². The number of hydrogen-bond acceptors (Lipinski definition) is 7. The summed E-state index contributed by atoms with van der Waals surface area (Å²) >= 11 is 0. The van der Waals surface area contributed by atoms with Crippen molar-refractivity contribution in [2.24, 2.45) is 0 Å². The van der Waals surface area contributed by atoms with Gasteiger partial charge >= 0.3 is 6.18 Å². The zero-order chi connectivity index (χ0) is 27.7. The average Bonchev–Trinajstić information content (AvgIpc) is 2.91. The molecular weight excluding hydrogens is 523 g/mol. The molecule has 39 heavy (non-hydrogen) atoms. The molecule has 208 valence electrons. The predicted octanol–water partition coefficient (Wildman–Crippen LogP) is 3.89. The predicted molar refractivity (Wildman–Crippen MR) is 135 cm³/mol. The molecule has 0 aliphatic carbocycles. The van der Waals surface area contributed by atoms with E-state index in [0.29, 0.717) is 48.7 Å². The monoisotopic (exact) mass is 550 g/mol. The van der Waals surface area contributed by atoms with Gasteiger partial charge in [-0.15, -0.1) is 0 Å². The number of fused-ring (bicyclic) bond motifs is 1. The Labute approximate surface area is 221 Å². The SMILES string of the molecule is CC(Nc1cc(F)cc(F)c1)c1cc(C(=O)N2CCNC(C(F)(F)F)C2)cc2ncc(N3CCOCC3)nc12. The fourth-order valence-electron chi connectivity index (χ4n) is 4.83. The summed E-state index contributed by atoms with van der Waals surface area (Å²) in [6.45, 7) is 3.63. The quantitative estimate of drug-likeness (QED) is 0.467. The molecule has 2 aromatic carbocycles. The fourth-order valence-corrected chi connectivity index (χ4v) is 4.83. The number of piperazine rings is 1. The highest BCUT2D eigenvalue weighted by molar-refractivity contribution is 5.98. The van der Waals surface area contributed by atoms with Gasteiger partial charge in [0.2, 0.25) is 0 Å². The van der Waals surface area contributed by atoms with Crippen molar-refractivity contribution in [3.05, 3.63) is 59.3 Å². The summed E-state index contributed by atoms with van der Waals surface area (Å²) in [6, 6.07) is 3.68. The number of halogens is 5. The van der Waals surface area contributed by atoms with Crippen molar-refractivity contribution in [2.75, 3.05) is 56.2 Å². The maximum Gasteiger partial charge on any atom is 0.405 e. The Morgan fingerprint density at radius 3 is 2.51 bits per heavy atom. The number of anilines is 2. The Bertz CT molecular complexity index is 1340. The Balaban J connectivity index is 1.53. The van der Waals surface area contributed by atoms with Crippen LogP contribution in [0.3, 0.4) is 0 Å². The Hall–Kier alpha value is -3.58. The summed E-state index contributed by atoms with van der Waals surface area (Å²) in [5.74, 6) is -1.49. The van der Waals surface area contributed by atoms with Crippen LogP contribution in [0.4, 0.5) is 33.5 Å². The maximum absolute atomic E-state index is 13.8. The number of rotatable bonds is 5. The van der Waals surface area contributed by atoms with Crippen molar-refractivity contribution < 1.29 is 31.5 Å². The number of carbonyl (C=O) groups excluding carboxylic acids is 1. The van der Waals surface area contributed by atoms with Crippen molar-refractivity contribution in [2.45, 2.75) is 25.2 Å². The number of nitrogens with zero attached hydrogens (tertiary/aromatic N) is 4. The molecule has 0 saturated carbocycles.